The Labute approximate surface area is 155 Å². The smallest absolute Gasteiger partial charge is 0.251 e. The van der Waals surface area contributed by atoms with Gasteiger partial charge in [0, 0.05) is 36.7 Å². The van der Waals surface area contributed by atoms with Crippen LogP contribution in [0.1, 0.15) is 31.1 Å². The van der Waals surface area contributed by atoms with E-state index >= 15 is 0 Å². The maximum Gasteiger partial charge on any atom is 0.251 e. The second kappa shape index (κ2) is 8.46. The van der Waals surface area contributed by atoms with Gasteiger partial charge in [0.15, 0.2) is 0 Å². The summed E-state index contributed by atoms with van der Waals surface area (Å²) in [6, 6.07) is 5.79. The van der Waals surface area contributed by atoms with Gasteiger partial charge in [-0.3, -0.25) is 4.79 Å². The zero-order valence-electron chi connectivity index (χ0n) is 14.6. The molecule has 4 N–H and O–H groups in total. The number of β-amino-alcohol motifs (C(OH)–C–C–N with tert-alkyl or cyclic N) is 1. The zero-order valence-corrected chi connectivity index (χ0v) is 16.2. The van der Waals surface area contributed by atoms with Crippen LogP contribution in [-0.4, -0.2) is 50.7 Å². The topological polar surface area (TPSA) is 108 Å². The first-order valence-corrected chi connectivity index (χ1v) is 9.38. The third-order valence-electron chi connectivity index (χ3n) is 3.70. The molecule has 2 atom stereocenters. The number of carbonyl (C=O) groups excluding carboxylic acids is 1. The first kappa shape index (κ1) is 21.9. The lowest BCUT2D eigenvalue weighted by molar-refractivity contribution is 0.0927. The molecule has 1 aliphatic rings. The Balaban J connectivity index is 0.00000312. The van der Waals surface area contributed by atoms with Crippen molar-refractivity contribution in [2.24, 2.45) is 5.92 Å². The molecular formula is C16H26ClN3O4S. The van der Waals surface area contributed by atoms with Crippen LogP contribution in [0.15, 0.2) is 29.2 Å². The first-order valence-electron chi connectivity index (χ1n) is 7.89. The van der Waals surface area contributed by atoms with Gasteiger partial charge in [-0.2, -0.15) is 0 Å². The third kappa shape index (κ3) is 6.23. The van der Waals surface area contributed by atoms with Gasteiger partial charge in [-0.05, 0) is 45.0 Å². The van der Waals surface area contributed by atoms with Crippen LogP contribution in [0.2, 0.25) is 0 Å². The lowest BCUT2D eigenvalue weighted by atomic mass is 10.1. The maximum atomic E-state index is 12.2. The van der Waals surface area contributed by atoms with Gasteiger partial charge in [0.25, 0.3) is 5.91 Å². The highest BCUT2D eigenvalue weighted by Crippen LogP contribution is 2.14. The lowest BCUT2D eigenvalue weighted by Gasteiger charge is -2.20. The van der Waals surface area contributed by atoms with E-state index in [-0.39, 0.29) is 29.1 Å². The normalized spacial score (nSPS) is 20.8. The minimum atomic E-state index is -3.62. The van der Waals surface area contributed by atoms with E-state index in [1.165, 1.54) is 24.3 Å². The van der Waals surface area contributed by atoms with Gasteiger partial charge in [-0.1, -0.05) is 0 Å². The van der Waals surface area contributed by atoms with Gasteiger partial charge in [0.2, 0.25) is 10.0 Å². The molecule has 1 aromatic rings. The van der Waals surface area contributed by atoms with Crippen molar-refractivity contribution in [3.63, 3.8) is 0 Å². The van der Waals surface area contributed by atoms with Crippen molar-refractivity contribution in [2.45, 2.75) is 37.3 Å². The van der Waals surface area contributed by atoms with E-state index < -0.39 is 21.7 Å². The highest BCUT2D eigenvalue weighted by Gasteiger charge is 2.25. The molecule has 0 saturated carbocycles. The second-order valence-corrected chi connectivity index (χ2v) is 8.76. The fourth-order valence-corrected chi connectivity index (χ4v) is 3.92. The summed E-state index contributed by atoms with van der Waals surface area (Å²) in [7, 11) is -3.62. The molecule has 1 heterocycles. The van der Waals surface area contributed by atoms with Gasteiger partial charge in [0.05, 0.1) is 11.0 Å². The number of nitrogens with one attached hydrogen (secondary N) is 3. The summed E-state index contributed by atoms with van der Waals surface area (Å²) >= 11 is 0. The molecule has 1 aromatic carbocycles. The van der Waals surface area contributed by atoms with Crippen molar-refractivity contribution < 1.29 is 18.3 Å². The maximum absolute atomic E-state index is 12.2. The van der Waals surface area contributed by atoms with Gasteiger partial charge in [-0.25, -0.2) is 13.1 Å². The average molecular weight is 392 g/mol. The third-order valence-corrected chi connectivity index (χ3v) is 5.47. The molecule has 2 unspecified atom stereocenters. The summed E-state index contributed by atoms with van der Waals surface area (Å²) in [6.07, 6.45) is -0.457. The van der Waals surface area contributed by atoms with E-state index in [1.54, 1.807) is 20.8 Å². The zero-order chi connectivity index (χ0) is 18.0. The largest absolute Gasteiger partial charge is 0.391 e. The summed E-state index contributed by atoms with van der Waals surface area (Å²) < 4.78 is 27.0. The number of rotatable bonds is 5. The molecule has 1 aliphatic heterocycles. The summed E-state index contributed by atoms with van der Waals surface area (Å²) in [5.41, 5.74) is -0.199. The van der Waals surface area contributed by atoms with Crippen LogP contribution >= 0.6 is 12.4 Å². The number of hydrogen-bond acceptors (Lipinski definition) is 5. The molecule has 1 saturated heterocycles. The minimum Gasteiger partial charge on any atom is -0.391 e. The van der Waals surface area contributed by atoms with Crippen LogP contribution in [0.5, 0.6) is 0 Å². The number of aliphatic hydroxyl groups excluding tert-OH is 1. The van der Waals surface area contributed by atoms with Crippen molar-refractivity contribution >= 4 is 28.3 Å². The Bertz CT molecular complexity index is 686. The number of benzene rings is 1. The van der Waals surface area contributed by atoms with Crippen LogP contribution < -0.4 is 15.4 Å². The number of halogens is 1. The molecule has 1 fully saturated rings. The molecule has 0 aromatic heterocycles. The van der Waals surface area contributed by atoms with E-state index in [4.69, 9.17) is 0 Å². The molecule has 0 radical (unpaired) electrons. The predicted molar refractivity (Wildman–Crippen MR) is 98.5 cm³/mol. The van der Waals surface area contributed by atoms with Crippen molar-refractivity contribution in [1.29, 1.82) is 0 Å². The molecule has 1 amide bonds. The number of aliphatic hydroxyl groups is 1. The predicted octanol–water partition coefficient (Wildman–Crippen LogP) is 0.495. The Kier molecular flexibility index (Phi) is 7.40. The van der Waals surface area contributed by atoms with Crippen molar-refractivity contribution in [2.75, 3.05) is 19.6 Å². The van der Waals surface area contributed by atoms with E-state index in [9.17, 15) is 18.3 Å². The highest BCUT2D eigenvalue weighted by atomic mass is 35.5. The molecule has 25 heavy (non-hydrogen) atoms. The molecule has 0 bridgehead atoms. The van der Waals surface area contributed by atoms with Crippen LogP contribution in [0.3, 0.4) is 0 Å². The molecule has 0 spiro atoms. The summed E-state index contributed by atoms with van der Waals surface area (Å²) in [5, 5.41) is 15.5. The van der Waals surface area contributed by atoms with Crippen LogP contribution in [0.4, 0.5) is 0 Å². The molecule has 7 nitrogen and oxygen atoms in total. The van der Waals surface area contributed by atoms with Crippen LogP contribution in [0.25, 0.3) is 0 Å². The van der Waals surface area contributed by atoms with Crippen molar-refractivity contribution in [3.8, 4) is 0 Å². The Morgan fingerprint density at radius 3 is 2.32 bits per heavy atom. The Morgan fingerprint density at radius 2 is 1.84 bits per heavy atom. The van der Waals surface area contributed by atoms with Crippen LogP contribution in [-0.2, 0) is 10.0 Å². The number of carbonyl (C=O) groups is 1. The first-order chi connectivity index (χ1) is 11.1. The number of sulfonamides is 1. The summed E-state index contributed by atoms with van der Waals surface area (Å²) in [5.74, 6) is -0.300. The quantitative estimate of drug-likeness (QED) is 0.584. The number of amides is 1. The summed E-state index contributed by atoms with van der Waals surface area (Å²) in [6.45, 7) is 6.86. The lowest BCUT2D eigenvalue weighted by Crippen LogP contribution is -2.40. The Morgan fingerprint density at radius 1 is 1.24 bits per heavy atom. The standard InChI is InChI=1S/C16H25N3O4S.ClH/c1-16(2,3)19-24(22,23)13-6-4-11(5-7-13)15(21)18-9-12-8-17-10-14(12)20;/h4-7,12,14,17,19-20H,8-10H2,1-3H3,(H,18,21);1H. The summed E-state index contributed by atoms with van der Waals surface area (Å²) in [4.78, 5) is 12.2. The molecule has 142 valence electrons. The second-order valence-electron chi connectivity index (χ2n) is 7.08. The van der Waals surface area contributed by atoms with E-state index in [0.29, 0.717) is 25.2 Å². The number of hydrogen-bond donors (Lipinski definition) is 4. The van der Waals surface area contributed by atoms with Crippen molar-refractivity contribution in [3.05, 3.63) is 29.8 Å². The van der Waals surface area contributed by atoms with Crippen LogP contribution in [0, 0.1) is 5.92 Å². The molecule has 9 heteroatoms. The van der Waals surface area contributed by atoms with Gasteiger partial charge < -0.3 is 15.7 Å². The highest BCUT2D eigenvalue weighted by molar-refractivity contribution is 7.89. The van der Waals surface area contributed by atoms with E-state index in [1.807, 2.05) is 0 Å². The van der Waals surface area contributed by atoms with Gasteiger partial charge in [-0.15, -0.1) is 12.4 Å². The molecule has 2 rings (SSSR count). The van der Waals surface area contributed by atoms with E-state index in [2.05, 4.69) is 15.4 Å². The SMILES string of the molecule is CC(C)(C)NS(=O)(=O)c1ccc(C(=O)NCC2CNCC2O)cc1.Cl. The van der Waals surface area contributed by atoms with Crippen molar-refractivity contribution in [1.82, 2.24) is 15.4 Å². The van der Waals surface area contributed by atoms with Gasteiger partial charge in [0.1, 0.15) is 0 Å². The molecule has 0 aliphatic carbocycles. The van der Waals surface area contributed by atoms with E-state index in [0.717, 1.165) is 0 Å². The molecular weight excluding hydrogens is 366 g/mol. The fourth-order valence-electron chi connectivity index (χ4n) is 2.50. The average Bonchev–Trinajstić information content (AvgIpc) is 2.88. The minimum absolute atomic E-state index is 0. The monoisotopic (exact) mass is 391 g/mol. The van der Waals surface area contributed by atoms with Gasteiger partial charge >= 0.3 is 0 Å². The Hall–Kier alpha value is -1.19. The fraction of sp³-hybridized carbons (Fsp3) is 0.562.